The van der Waals surface area contributed by atoms with Crippen molar-refractivity contribution >= 4 is 17.0 Å². The summed E-state index contributed by atoms with van der Waals surface area (Å²) in [6.07, 6.45) is 4.04. The zero-order valence-electron chi connectivity index (χ0n) is 11.5. The highest BCUT2D eigenvalue weighted by Gasteiger charge is 2.08. The highest BCUT2D eigenvalue weighted by Crippen LogP contribution is 2.27. The van der Waals surface area contributed by atoms with Gasteiger partial charge in [-0.15, -0.1) is 0 Å². The lowest BCUT2D eigenvalue weighted by Crippen LogP contribution is -1.97. The molecule has 1 aromatic heterocycles. The first-order valence-corrected chi connectivity index (χ1v) is 6.65. The first-order chi connectivity index (χ1) is 9.81. The second-order valence-corrected chi connectivity index (χ2v) is 4.79. The van der Waals surface area contributed by atoms with E-state index in [2.05, 4.69) is 53.7 Å². The molecule has 0 bridgehead atoms. The number of aromatic nitrogens is 1. The highest BCUT2D eigenvalue weighted by atomic mass is 16.5. The third-order valence-electron chi connectivity index (χ3n) is 3.53. The minimum Gasteiger partial charge on any atom is -0.497 e. The van der Waals surface area contributed by atoms with E-state index >= 15 is 0 Å². The van der Waals surface area contributed by atoms with E-state index < -0.39 is 0 Å². The van der Waals surface area contributed by atoms with Crippen molar-refractivity contribution in [2.45, 2.75) is 6.54 Å². The van der Waals surface area contributed by atoms with Gasteiger partial charge in [0.05, 0.1) is 7.11 Å². The average Bonchev–Trinajstić information content (AvgIpc) is 2.85. The number of benzene rings is 2. The normalized spacial score (nSPS) is 10.7. The van der Waals surface area contributed by atoms with Gasteiger partial charge in [-0.05, 0) is 29.3 Å². The van der Waals surface area contributed by atoms with E-state index in [4.69, 9.17) is 4.74 Å². The summed E-state index contributed by atoms with van der Waals surface area (Å²) in [4.78, 5) is 0. The molecule has 0 unspecified atom stereocenters. The van der Waals surface area contributed by atoms with Gasteiger partial charge in [-0.1, -0.05) is 43.0 Å². The predicted octanol–water partition coefficient (Wildman–Crippen LogP) is 4.34. The van der Waals surface area contributed by atoms with Gasteiger partial charge in [0.25, 0.3) is 0 Å². The van der Waals surface area contributed by atoms with Gasteiger partial charge in [0.2, 0.25) is 0 Å². The van der Waals surface area contributed by atoms with Crippen molar-refractivity contribution in [2.75, 3.05) is 7.11 Å². The molecule has 0 saturated carbocycles. The summed E-state index contributed by atoms with van der Waals surface area (Å²) in [6, 6.07) is 16.6. The van der Waals surface area contributed by atoms with Crippen LogP contribution in [0.25, 0.3) is 17.0 Å². The lowest BCUT2D eigenvalue weighted by atomic mass is 10.1. The molecule has 0 saturated heterocycles. The summed E-state index contributed by atoms with van der Waals surface area (Å²) >= 11 is 0. The number of nitrogens with zero attached hydrogens (tertiary/aromatic N) is 1. The van der Waals surface area contributed by atoms with Crippen LogP contribution in [0.1, 0.15) is 11.1 Å². The van der Waals surface area contributed by atoms with Crippen LogP contribution in [0.2, 0.25) is 0 Å². The largest absolute Gasteiger partial charge is 0.497 e. The van der Waals surface area contributed by atoms with Crippen LogP contribution in [0.5, 0.6) is 5.75 Å². The lowest BCUT2D eigenvalue weighted by Gasteiger charge is -2.06. The summed E-state index contributed by atoms with van der Waals surface area (Å²) in [6.45, 7) is 4.76. The van der Waals surface area contributed by atoms with E-state index in [-0.39, 0.29) is 0 Å². The molecular weight excluding hydrogens is 246 g/mol. The van der Waals surface area contributed by atoms with Crippen LogP contribution >= 0.6 is 0 Å². The van der Waals surface area contributed by atoms with Gasteiger partial charge in [0, 0.05) is 23.6 Å². The Labute approximate surface area is 118 Å². The molecule has 0 atom stereocenters. The van der Waals surface area contributed by atoms with Crippen LogP contribution in [0.4, 0.5) is 0 Å². The maximum atomic E-state index is 5.31. The van der Waals surface area contributed by atoms with Crippen molar-refractivity contribution in [1.82, 2.24) is 4.57 Å². The van der Waals surface area contributed by atoms with Crippen molar-refractivity contribution in [3.8, 4) is 5.75 Å². The lowest BCUT2D eigenvalue weighted by molar-refractivity contribution is 0.415. The molecular formula is C18H17NO. The van der Waals surface area contributed by atoms with E-state index in [1.165, 1.54) is 16.5 Å². The third-order valence-corrected chi connectivity index (χ3v) is 3.53. The Hall–Kier alpha value is -2.48. The quantitative estimate of drug-likeness (QED) is 0.683. The number of hydrogen-bond donors (Lipinski definition) is 0. The molecule has 0 amide bonds. The van der Waals surface area contributed by atoms with Crippen LogP contribution < -0.4 is 4.74 Å². The first-order valence-electron chi connectivity index (χ1n) is 6.65. The van der Waals surface area contributed by atoms with Gasteiger partial charge in [-0.2, -0.15) is 0 Å². The van der Waals surface area contributed by atoms with Gasteiger partial charge < -0.3 is 9.30 Å². The molecule has 0 aliphatic rings. The van der Waals surface area contributed by atoms with Crippen molar-refractivity contribution in [3.05, 3.63) is 72.4 Å². The highest BCUT2D eigenvalue weighted by molar-refractivity contribution is 5.90. The molecule has 20 heavy (non-hydrogen) atoms. The predicted molar refractivity (Wildman–Crippen MR) is 84.1 cm³/mol. The molecule has 3 rings (SSSR count). The van der Waals surface area contributed by atoms with E-state index in [1.54, 1.807) is 7.11 Å². The Morgan fingerprint density at radius 2 is 1.95 bits per heavy atom. The van der Waals surface area contributed by atoms with E-state index in [0.29, 0.717) is 0 Å². The summed E-state index contributed by atoms with van der Waals surface area (Å²) in [7, 11) is 1.69. The maximum Gasteiger partial charge on any atom is 0.119 e. The fourth-order valence-corrected chi connectivity index (χ4v) is 2.50. The van der Waals surface area contributed by atoms with Crippen LogP contribution in [0.15, 0.2) is 61.3 Å². The monoisotopic (exact) mass is 263 g/mol. The Morgan fingerprint density at radius 3 is 2.65 bits per heavy atom. The molecule has 0 spiro atoms. The molecule has 1 heterocycles. The van der Waals surface area contributed by atoms with Crippen LogP contribution in [-0.4, -0.2) is 11.7 Å². The van der Waals surface area contributed by atoms with E-state index in [9.17, 15) is 0 Å². The maximum absolute atomic E-state index is 5.31. The zero-order chi connectivity index (χ0) is 13.9. The minimum atomic E-state index is 0.859. The second kappa shape index (κ2) is 5.25. The summed E-state index contributed by atoms with van der Waals surface area (Å²) in [5.74, 6) is 0.873. The topological polar surface area (TPSA) is 14.2 Å². The fourth-order valence-electron chi connectivity index (χ4n) is 2.50. The summed E-state index contributed by atoms with van der Waals surface area (Å²) in [5, 5.41) is 1.18. The number of hydrogen-bond acceptors (Lipinski definition) is 1. The van der Waals surface area contributed by atoms with Gasteiger partial charge in [0.1, 0.15) is 5.75 Å². The Morgan fingerprint density at radius 1 is 1.15 bits per heavy atom. The van der Waals surface area contributed by atoms with Gasteiger partial charge in [0.15, 0.2) is 0 Å². The smallest absolute Gasteiger partial charge is 0.119 e. The average molecular weight is 263 g/mol. The molecule has 2 heteroatoms. The number of ether oxygens (including phenoxy) is 1. The van der Waals surface area contributed by atoms with Gasteiger partial charge in [-0.3, -0.25) is 0 Å². The molecule has 2 aromatic carbocycles. The molecule has 0 aliphatic carbocycles. The fraction of sp³-hybridized carbons (Fsp3) is 0.111. The van der Waals surface area contributed by atoms with Crippen molar-refractivity contribution in [3.63, 3.8) is 0 Å². The molecule has 3 aromatic rings. The zero-order valence-corrected chi connectivity index (χ0v) is 11.5. The molecule has 0 radical (unpaired) electrons. The number of methoxy groups -OCH3 is 1. The van der Waals surface area contributed by atoms with Crippen molar-refractivity contribution in [2.24, 2.45) is 0 Å². The van der Waals surface area contributed by atoms with Crippen LogP contribution in [0.3, 0.4) is 0 Å². The number of rotatable bonds is 4. The standard InChI is InChI=1S/C18H17NO/c1-3-15-13-19(12-14-7-5-4-6-8-14)18-10-9-16(20-2)11-17(15)18/h3-11,13H,1,12H2,2H3. The first kappa shape index (κ1) is 12.5. The Balaban J connectivity index is 2.09. The van der Waals surface area contributed by atoms with Crippen molar-refractivity contribution in [1.29, 1.82) is 0 Å². The summed E-state index contributed by atoms with van der Waals surface area (Å²) in [5.41, 5.74) is 3.62. The van der Waals surface area contributed by atoms with E-state index in [0.717, 1.165) is 17.9 Å². The van der Waals surface area contributed by atoms with E-state index in [1.807, 2.05) is 18.2 Å². The van der Waals surface area contributed by atoms with Crippen LogP contribution in [-0.2, 0) is 6.54 Å². The molecule has 2 nitrogen and oxygen atoms in total. The van der Waals surface area contributed by atoms with Gasteiger partial charge >= 0.3 is 0 Å². The van der Waals surface area contributed by atoms with Crippen molar-refractivity contribution < 1.29 is 4.74 Å². The Bertz CT molecular complexity index is 741. The third kappa shape index (κ3) is 2.21. The number of fused-ring (bicyclic) bond motifs is 1. The summed E-state index contributed by atoms with van der Waals surface area (Å²) < 4.78 is 7.56. The molecule has 0 N–H and O–H groups in total. The SMILES string of the molecule is C=Cc1cn(Cc2ccccc2)c2ccc(OC)cc12. The minimum absolute atomic E-state index is 0.859. The molecule has 100 valence electrons. The second-order valence-electron chi connectivity index (χ2n) is 4.79. The van der Waals surface area contributed by atoms with Gasteiger partial charge in [-0.25, -0.2) is 0 Å². The van der Waals surface area contributed by atoms with Crippen LogP contribution in [0, 0.1) is 0 Å². The Kier molecular flexibility index (Phi) is 3.30. The molecule has 0 aliphatic heterocycles. The molecule has 0 fully saturated rings.